The van der Waals surface area contributed by atoms with Crippen molar-refractivity contribution < 1.29 is 9.90 Å². The molecule has 0 aliphatic heterocycles. The van der Waals surface area contributed by atoms with Gasteiger partial charge in [0.25, 0.3) is 5.56 Å². The van der Waals surface area contributed by atoms with Gasteiger partial charge in [-0.15, -0.1) is 0 Å². The Morgan fingerprint density at radius 1 is 1.35 bits per heavy atom. The van der Waals surface area contributed by atoms with Crippen molar-refractivity contribution in [3.8, 4) is 0 Å². The third kappa shape index (κ3) is 2.66. The predicted molar refractivity (Wildman–Crippen MR) is 77.1 cm³/mol. The average molecular weight is 272 g/mol. The lowest BCUT2D eigenvalue weighted by molar-refractivity contribution is -0.135. The molecule has 3 rings (SSSR count). The molecule has 0 radical (unpaired) electrons. The van der Waals surface area contributed by atoms with Crippen LogP contribution in [0.25, 0.3) is 10.8 Å². The maximum Gasteiger partial charge on any atom is 0.323 e. The molecule has 1 aromatic carbocycles. The van der Waals surface area contributed by atoms with Gasteiger partial charge in [0.05, 0.1) is 0 Å². The Bertz CT molecular complexity index is 704. The van der Waals surface area contributed by atoms with E-state index >= 15 is 0 Å². The molecule has 1 heterocycles. The SMILES string of the molecule is O=C(O)CN(CC1CC1)c1cc2ccccc2c(=O)[nH]1. The fraction of sp³-hybridized carbons (Fsp3) is 0.333. The van der Waals surface area contributed by atoms with Gasteiger partial charge < -0.3 is 15.0 Å². The maximum absolute atomic E-state index is 12.1. The molecule has 5 nitrogen and oxygen atoms in total. The Morgan fingerprint density at radius 2 is 2.10 bits per heavy atom. The highest BCUT2D eigenvalue weighted by Crippen LogP contribution is 2.31. The molecule has 5 heteroatoms. The highest BCUT2D eigenvalue weighted by Gasteiger charge is 2.26. The van der Waals surface area contributed by atoms with Crippen molar-refractivity contribution in [2.24, 2.45) is 5.92 Å². The van der Waals surface area contributed by atoms with E-state index in [1.165, 1.54) is 0 Å². The second kappa shape index (κ2) is 5.00. The molecule has 1 aliphatic rings. The molecule has 0 unspecified atom stereocenters. The molecule has 1 fully saturated rings. The third-order valence-corrected chi connectivity index (χ3v) is 3.58. The molecule has 1 aromatic heterocycles. The van der Waals surface area contributed by atoms with E-state index in [0.717, 1.165) is 18.2 Å². The van der Waals surface area contributed by atoms with Crippen molar-refractivity contribution >= 4 is 22.6 Å². The first-order chi connectivity index (χ1) is 9.63. The minimum atomic E-state index is -0.889. The molecule has 104 valence electrons. The van der Waals surface area contributed by atoms with Gasteiger partial charge in [-0.3, -0.25) is 9.59 Å². The van der Waals surface area contributed by atoms with Gasteiger partial charge in [0, 0.05) is 11.9 Å². The Kier molecular flexibility index (Phi) is 3.18. The van der Waals surface area contributed by atoms with Crippen molar-refractivity contribution in [1.29, 1.82) is 0 Å². The van der Waals surface area contributed by atoms with Gasteiger partial charge in [0.1, 0.15) is 12.4 Å². The van der Waals surface area contributed by atoms with E-state index in [9.17, 15) is 9.59 Å². The number of aliphatic carboxylic acids is 1. The molecular weight excluding hydrogens is 256 g/mol. The van der Waals surface area contributed by atoms with Gasteiger partial charge in [-0.05, 0) is 36.3 Å². The summed E-state index contributed by atoms with van der Waals surface area (Å²) >= 11 is 0. The van der Waals surface area contributed by atoms with Crippen LogP contribution in [-0.4, -0.2) is 29.1 Å². The number of pyridine rings is 1. The number of nitrogens with zero attached hydrogens (tertiary/aromatic N) is 1. The Labute approximate surface area is 115 Å². The van der Waals surface area contributed by atoms with Crippen LogP contribution in [0.1, 0.15) is 12.8 Å². The number of H-pyrrole nitrogens is 1. The van der Waals surface area contributed by atoms with Gasteiger partial charge in [-0.25, -0.2) is 0 Å². The number of nitrogens with one attached hydrogen (secondary N) is 1. The van der Waals surface area contributed by atoms with E-state index in [1.807, 2.05) is 24.3 Å². The number of fused-ring (bicyclic) bond motifs is 1. The minimum Gasteiger partial charge on any atom is -0.480 e. The Balaban J connectivity index is 2.00. The lowest BCUT2D eigenvalue weighted by atomic mass is 10.1. The topological polar surface area (TPSA) is 73.4 Å². The zero-order chi connectivity index (χ0) is 14.1. The molecule has 0 amide bonds. The number of hydrogen-bond acceptors (Lipinski definition) is 3. The van der Waals surface area contributed by atoms with Crippen LogP contribution in [0.2, 0.25) is 0 Å². The summed E-state index contributed by atoms with van der Waals surface area (Å²) in [6, 6.07) is 9.16. The van der Waals surface area contributed by atoms with Crippen molar-refractivity contribution in [3.63, 3.8) is 0 Å². The smallest absolute Gasteiger partial charge is 0.323 e. The number of anilines is 1. The van der Waals surface area contributed by atoms with Crippen LogP contribution < -0.4 is 10.5 Å². The lowest BCUT2D eigenvalue weighted by Gasteiger charge is -2.22. The monoisotopic (exact) mass is 272 g/mol. The quantitative estimate of drug-likeness (QED) is 0.871. The summed E-state index contributed by atoms with van der Waals surface area (Å²) in [5.74, 6) is 0.243. The molecule has 0 saturated heterocycles. The summed E-state index contributed by atoms with van der Waals surface area (Å²) in [4.78, 5) is 27.6. The second-order valence-electron chi connectivity index (χ2n) is 5.29. The average Bonchev–Trinajstić information content (AvgIpc) is 3.21. The van der Waals surface area contributed by atoms with E-state index in [4.69, 9.17) is 5.11 Å². The van der Waals surface area contributed by atoms with Crippen LogP contribution in [0.15, 0.2) is 35.1 Å². The van der Waals surface area contributed by atoms with Gasteiger partial charge in [0.15, 0.2) is 0 Å². The predicted octanol–water partition coefficient (Wildman–Crippen LogP) is 1.83. The zero-order valence-corrected chi connectivity index (χ0v) is 11.0. The first-order valence-electron chi connectivity index (χ1n) is 6.72. The largest absolute Gasteiger partial charge is 0.480 e. The van der Waals surface area contributed by atoms with Crippen LogP contribution in [0, 0.1) is 5.92 Å². The number of aromatic amines is 1. The van der Waals surface area contributed by atoms with Crippen LogP contribution in [-0.2, 0) is 4.79 Å². The number of carbonyl (C=O) groups is 1. The fourth-order valence-electron chi connectivity index (χ4n) is 2.39. The number of benzene rings is 1. The molecule has 2 aromatic rings. The van der Waals surface area contributed by atoms with Crippen LogP contribution in [0.4, 0.5) is 5.82 Å². The maximum atomic E-state index is 12.1. The highest BCUT2D eigenvalue weighted by molar-refractivity contribution is 5.84. The van der Waals surface area contributed by atoms with Gasteiger partial charge >= 0.3 is 5.97 Å². The number of aromatic nitrogens is 1. The summed E-state index contributed by atoms with van der Waals surface area (Å²) in [5.41, 5.74) is -0.177. The van der Waals surface area contributed by atoms with Crippen molar-refractivity contribution in [2.45, 2.75) is 12.8 Å². The van der Waals surface area contributed by atoms with E-state index in [1.54, 1.807) is 11.0 Å². The first-order valence-corrected chi connectivity index (χ1v) is 6.72. The normalized spacial score (nSPS) is 14.4. The molecule has 2 N–H and O–H groups in total. The fourth-order valence-corrected chi connectivity index (χ4v) is 2.39. The molecule has 0 spiro atoms. The summed E-state index contributed by atoms with van der Waals surface area (Å²) < 4.78 is 0. The van der Waals surface area contributed by atoms with E-state index in [2.05, 4.69) is 4.98 Å². The second-order valence-corrected chi connectivity index (χ2v) is 5.29. The van der Waals surface area contributed by atoms with Crippen molar-refractivity contribution in [3.05, 3.63) is 40.7 Å². The molecule has 0 atom stereocenters. The molecular formula is C15H16N2O3. The van der Waals surface area contributed by atoms with Crippen LogP contribution in [0.5, 0.6) is 0 Å². The van der Waals surface area contributed by atoms with E-state index in [-0.39, 0.29) is 12.1 Å². The molecule has 0 bridgehead atoms. The first kappa shape index (κ1) is 12.7. The van der Waals surface area contributed by atoms with Crippen molar-refractivity contribution in [1.82, 2.24) is 4.98 Å². The highest BCUT2D eigenvalue weighted by atomic mass is 16.4. The van der Waals surface area contributed by atoms with E-state index < -0.39 is 5.97 Å². The lowest BCUT2D eigenvalue weighted by Crippen LogP contribution is -2.33. The summed E-state index contributed by atoms with van der Waals surface area (Å²) in [6.07, 6.45) is 2.27. The molecule has 1 saturated carbocycles. The third-order valence-electron chi connectivity index (χ3n) is 3.58. The number of carboxylic acids is 1. The van der Waals surface area contributed by atoms with Gasteiger partial charge in [-0.1, -0.05) is 18.2 Å². The van der Waals surface area contributed by atoms with Gasteiger partial charge in [0.2, 0.25) is 0 Å². The molecule has 20 heavy (non-hydrogen) atoms. The summed E-state index contributed by atoms with van der Waals surface area (Å²) in [7, 11) is 0. The summed E-state index contributed by atoms with van der Waals surface area (Å²) in [5, 5.41) is 10.5. The Hall–Kier alpha value is -2.30. The number of rotatable bonds is 5. The van der Waals surface area contributed by atoms with Crippen LogP contribution >= 0.6 is 0 Å². The molecule has 1 aliphatic carbocycles. The van der Waals surface area contributed by atoms with Crippen LogP contribution in [0.3, 0.4) is 0 Å². The zero-order valence-electron chi connectivity index (χ0n) is 11.0. The summed E-state index contributed by atoms with van der Waals surface area (Å²) in [6.45, 7) is 0.589. The minimum absolute atomic E-state index is 0.0925. The standard InChI is InChI=1S/C15H16N2O3/c18-14(19)9-17(8-10-5-6-10)13-7-11-3-1-2-4-12(11)15(20)16-13/h1-4,7,10H,5-6,8-9H2,(H,16,20)(H,18,19). The Morgan fingerprint density at radius 3 is 2.80 bits per heavy atom. The van der Waals surface area contributed by atoms with E-state index in [0.29, 0.717) is 23.7 Å². The number of carboxylic acid groups (broad SMARTS) is 1. The van der Waals surface area contributed by atoms with Gasteiger partial charge in [-0.2, -0.15) is 0 Å². The number of hydrogen-bond donors (Lipinski definition) is 2. The van der Waals surface area contributed by atoms with Crippen molar-refractivity contribution in [2.75, 3.05) is 18.0 Å².